The van der Waals surface area contributed by atoms with Crippen LogP contribution >= 0.6 is 0 Å². The maximum Gasteiger partial charge on any atom is 0.337 e. The van der Waals surface area contributed by atoms with E-state index in [1.54, 1.807) is 12.1 Å². The van der Waals surface area contributed by atoms with E-state index < -0.39 is 16.0 Å². The van der Waals surface area contributed by atoms with Gasteiger partial charge in [-0.1, -0.05) is 6.07 Å². The Kier molecular flexibility index (Phi) is 4.81. The minimum absolute atomic E-state index is 0.0354. The average molecular weight is 350 g/mol. The molecule has 4 N–H and O–H groups in total. The van der Waals surface area contributed by atoms with Crippen LogP contribution in [0, 0.1) is 13.8 Å². The summed E-state index contributed by atoms with van der Waals surface area (Å²) in [6, 6.07) is 7.76. The van der Waals surface area contributed by atoms with Gasteiger partial charge in [0.15, 0.2) is 5.75 Å². The summed E-state index contributed by atoms with van der Waals surface area (Å²) >= 11 is 0. The van der Waals surface area contributed by atoms with E-state index in [4.69, 9.17) is 15.6 Å². The van der Waals surface area contributed by atoms with Crippen molar-refractivity contribution < 1.29 is 22.7 Å². The van der Waals surface area contributed by atoms with E-state index in [9.17, 15) is 13.2 Å². The molecule has 128 valence electrons. The second-order valence-electron chi connectivity index (χ2n) is 5.35. The molecule has 0 amide bonds. The average Bonchev–Trinajstić information content (AvgIpc) is 2.46. The zero-order valence-corrected chi connectivity index (χ0v) is 14.3. The number of sulfonamides is 1. The van der Waals surface area contributed by atoms with E-state index in [1.807, 2.05) is 19.9 Å². The highest BCUT2D eigenvalue weighted by atomic mass is 32.2. The summed E-state index contributed by atoms with van der Waals surface area (Å²) < 4.78 is 34.0. The zero-order chi connectivity index (χ0) is 18.1. The number of ether oxygens (including phenoxy) is 2. The van der Waals surface area contributed by atoms with Gasteiger partial charge in [0.05, 0.1) is 18.4 Å². The van der Waals surface area contributed by atoms with Crippen LogP contribution in [0.4, 0.5) is 5.69 Å². The number of primary sulfonamides is 1. The number of aryl methyl sites for hydroxylation is 2. The van der Waals surface area contributed by atoms with Gasteiger partial charge in [0.1, 0.15) is 10.6 Å². The van der Waals surface area contributed by atoms with Crippen LogP contribution in [-0.2, 0) is 14.8 Å². The monoisotopic (exact) mass is 350 g/mol. The number of methoxy groups -OCH3 is 1. The summed E-state index contributed by atoms with van der Waals surface area (Å²) in [4.78, 5) is 11.3. The molecule has 0 radical (unpaired) electrons. The molecular formula is C16H18N2O5S. The van der Waals surface area contributed by atoms with Crippen molar-refractivity contribution in [3.05, 3.63) is 47.0 Å². The lowest BCUT2D eigenvalue weighted by molar-refractivity contribution is 0.0600. The van der Waals surface area contributed by atoms with Crippen molar-refractivity contribution >= 4 is 21.7 Å². The van der Waals surface area contributed by atoms with E-state index in [-0.39, 0.29) is 21.9 Å². The number of esters is 1. The third kappa shape index (κ3) is 3.84. The molecule has 0 aromatic heterocycles. The van der Waals surface area contributed by atoms with Gasteiger partial charge in [-0.25, -0.2) is 18.4 Å². The van der Waals surface area contributed by atoms with Crippen LogP contribution < -0.4 is 15.6 Å². The first kappa shape index (κ1) is 17.8. The molecule has 0 saturated heterocycles. The summed E-state index contributed by atoms with van der Waals surface area (Å²) in [5, 5.41) is 5.23. The van der Waals surface area contributed by atoms with Crippen LogP contribution in [0.15, 0.2) is 35.2 Å². The van der Waals surface area contributed by atoms with Crippen LogP contribution in [0.5, 0.6) is 11.5 Å². The minimum Gasteiger partial charge on any atom is -0.465 e. The minimum atomic E-state index is -4.17. The van der Waals surface area contributed by atoms with Crippen molar-refractivity contribution in [1.29, 1.82) is 0 Å². The van der Waals surface area contributed by atoms with Gasteiger partial charge in [-0.15, -0.1) is 0 Å². The van der Waals surface area contributed by atoms with E-state index >= 15 is 0 Å². The fraction of sp³-hybridized carbons (Fsp3) is 0.188. The fourth-order valence-corrected chi connectivity index (χ4v) is 3.00. The number of carbonyl (C=O) groups is 1. The lowest BCUT2D eigenvalue weighted by Crippen LogP contribution is -2.16. The highest BCUT2D eigenvalue weighted by Crippen LogP contribution is 2.35. The molecule has 0 spiro atoms. The normalized spacial score (nSPS) is 11.2. The highest BCUT2D eigenvalue weighted by molar-refractivity contribution is 7.89. The second kappa shape index (κ2) is 6.50. The second-order valence-corrected chi connectivity index (χ2v) is 6.88. The van der Waals surface area contributed by atoms with Gasteiger partial charge in [-0.3, -0.25) is 0 Å². The first-order valence-electron chi connectivity index (χ1n) is 6.92. The molecule has 0 atom stereocenters. The number of anilines is 1. The van der Waals surface area contributed by atoms with Crippen molar-refractivity contribution in [3.8, 4) is 11.5 Å². The van der Waals surface area contributed by atoms with Crippen molar-refractivity contribution in [1.82, 2.24) is 0 Å². The molecule has 2 aromatic rings. The summed E-state index contributed by atoms with van der Waals surface area (Å²) in [6.07, 6.45) is 0. The predicted octanol–water partition coefficient (Wildman–Crippen LogP) is 2.11. The molecular weight excluding hydrogens is 332 g/mol. The molecule has 2 rings (SSSR count). The molecule has 0 aliphatic carbocycles. The third-order valence-electron chi connectivity index (χ3n) is 3.23. The molecule has 7 nitrogen and oxygen atoms in total. The van der Waals surface area contributed by atoms with Crippen LogP contribution in [0.3, 0.4) is 0 Å². The quantitative estimate of drug-likeness (QED) is 0.643. The lowest BCUT2D eigenvalue weighted by atomic mass is 10.1. The number of nitrogen functional groups attached to an aromatic ring is 1. The number of hydrogen-bond acceptors (Lipinski definition) is 6. The van der Waals surface area contributed by atoms with Crippen LogP contribution in [0.1, 0.15) is 21.5 Å². The van der Waals surface area contributed by atoms with E-state index in [1.165, 1.54) is 13.2 Å². The van der Waals surface area contributed by atoms with Crippen LogP contribution in [-0.4, -0.2) is 21.5 Å². The fourth-order valence-electron chi connectivity index (χ4n) is 2.29. The molecule has 0 aliphatic heterocycles. The van der Waals surface area contributed by atoms with Gasteiger partial charge in [-0.2, -0.15) is 0 Å². The topological polar surface area (TPSA) is 122 Å². The Balaban J connectivity index is 2.62. The highest BCUT2D eigenvalue weighted by Gasteiger charge is 2.22. The molecule has 24 heavy (non-hydrogen) atoms. The molecule has 0 fully saturated rings. The van der Waals surface area contributed by atoms with Gasteiger partial charge in [0, 0.05) is 0 Å². The number of nitrogens with two attached hydrogens (primary N) is 2. The number of carbonyl (C=O) groups excluding carboxylic acids is 1. The standard InChI is InChI=1S/C16H18N2O5S/c1-9-4-10(2)6-12(5-9)23-15-13(17)7-11(16(19)22-3)8-14(15)24(18,20)21/h4-8H,17H2,1-3H3,(H2,18,20,21). The molecule has 0 unspecified atom stereocenters. The lowest BCUT2D eigenvalue weighted by Gasteiger charge is -2.14. The largest absolute Gasteiger partial charge is 0.465 e. The third-order valence-corrected chi connectivity index (χ3v) is 4.14. The maximum absolute atomic E-state index is 11.9. The van der Waals surface area contributed by atoms with Crippen molar-refractivity contribution in [3.63, 3.8) is 0 Å². The van der Waals surface area contributed by atoms with Crippen molar-refractivity contribution in [2.75, 3.05) is 12.8 Å². The van der Waals surface area contributed by atoms with E-state index in [2.05, 4.69) is 4.74 Å². The van der Waals surface area contributed by atoms with Crippen LogP contribution in [0.2, 0.25) is 0 Å². The Morgan fingerprint density at radius 1 is 1.04 bits per heavy atom. The molecule has 0 heterocycles. The number of hydrogen-bond donors (Lipinski definition) is 2. The molecule has 0 bridgehead atoms. The Hall–Kier alpha value is -2.58. The SMILES string of the molecule is COC(=O)c1cc(N)c(Oc2cc(C)cc(C)c2)c(S(N)(=O)=O)c1. The first-order chi connectivity index (χ1) is 11.1. The molecule has 2 aromatic carbocycles. The van der Waals surface area contributed by atoms with Crippen LogP contribution in [0.25, 0.3) is 0 Å². The number of rotatable bonds is 4. The van der Waals surface area contributed by atoms with Gasteiger partial charge in [0.2, 0.25) is 10.0 Å². The first-order valence-corrected chi connectivity index (χ1v) is 8.47. The Labute approximate surface area is 140 Å². The van der Waals surface area contributed by atoms with Gasteiger partial charge < -0.3 is 15.2 Å². The molecule has 8 heteroatoms. The van der Waals surface area contributed by atoms with E-state index in [0.29, 0.717) is 5.75 Å². The molecule has 0 saturated carbocycles. The predicted molar refractivity (Wildman–Crippen MR) is 89.6 cm³/mol. The van der Waals surface area contributed by atoms with E-state index in [0.717, 1.165) is 17.2 Å². The Bertz CT molecular complexity index is 887. The zero-order valence-electron chi connectivity index (χ0n) is 13.5. The maximum atomic E-state index is 11.9. The summed E-state index contributed by atoms with van der Waals surface area (Å²) in [5.74, 6) is -0.449. The van der Waals surface area contributed by atoms with Crippen molar-refractivity contribution in [2.45, 2.75) is 18.7 Å². The smallest absolute Gasteiger partial charge is 0.337 e. The summed E-state index contributed by atoms with van der Waals surface area (Å²) in [7, 11) is -3.00. The van der Waals surface area contributed by atoms with Crippen molar-refractivity contribution in [2.24, 2.45) is 5.14 Å². The summed E-state index contributed by atoms with van der Waals surface area (Å²) in [5.41, 5.74) is 7.68. The number of benzene rings is 2. The Morgan fingerprint density at radius 3 is 2.12 bits per heavy atom. The van der Waals surface area contributed by atoms with Gasteiger partial charge in [-0.05, 0) is 49.2 Å². The molecule has 0 aliphatic rings. The summed E-state index contributed by atoms with van der Waals surface area (Å²) in [6.45, 7) is 3.76. The Morgan fingerprint density at radius 2 is 1.62 bits per heavy atom. The van der Waals surface area contributed by atoms with Gasteiger partial charge in [0.25, 0.3) is 0 Å². The van der Waals surface area contributed by atoms with Gasteiger partial charge >= 0.3 is 5.97 Å².